The molecule has 11 heteroatoms. The van der Waals surface area contributed by atoms with Crippen molar-refractivity contribution in [2.45, 2.75) is 25.7 Å². The van der Waals surface area contributed by atoms with Crippen LogP contribution in [0, 0.1) is 0 Å². The number of halogens is 3. The first-order valence-electron chi connectivity index (χ1n) is 8.93. The molecule has 3 rings (SSSR count). The maximum Gasteiger partial charge on any atom is 0.330 e. The highest BCUT2D eigenvalue weighted by Gasteiger charge is 2.23. The van der Waals surface area contributed by atoms with E-state index in [4.69, 9.17) is 44.3 Å². The summed E-state index contributed by atoms with van der Waals surface area (Å²) in [6.45, 7) is 2.02. The van der Waals surface area contributed by atoms with Crippen molar-refractivity contribution in [2.24, 2.45) is 5.10 Å². The van der Waals surface area contributed by atoms with Gasteiger partial charge in [-0.05, 0) is 42.8 Å². The molecular weight excluding hydrogens is 453 g/mol. The predicted octanol–water partition coefficient (Wildman–Crippen LogP) is 3.69. The summed E-state index contributed by atoms with van der Waals surface area (Å²) in [6, 6.07) is 8.24. The fourth-order valence-electron chi connectivity index (χ4n) is 2.64. The second kappa shape index (κ2) is 10.1. The molecule has 2 unspecified atom stereocenters. The molecule has 1 saturated heterocycles. The van der Waals surface area contributed by atoms with Crippen molar-refractivity contribution in [3.63, 3.8) is 0 Å². The van der Waals surface area contributed by atoms with Gasteiger partial charge in [-0.25, -0.2) is 10.2 Å². The van der Waals surface area contributed by atoms with Crippen molar-refractivity contribution >= 4 is 47.0 Å². The van der Waals surface area contributed by atoms with E-state index in [9.17, 15) is 4.79 Å². The number of hydrazone groups is 1. The van der Waals surface area contributed by atoms with Crippen LogP contribution < -0.4 is 31.1 Å². The van der Waals surface area contributed by atoms with Crippen molar-refractivity contribution in [2.75, 3.05) is 7.11 Å². The molecule has 1 aliphatic rings. The van der Waals surface area contributed by atoms with Crippen LogP contribution in [0.25, 0.3) is 0 Å². The summed E-state index contributed by atoms with van der Waals surface area (Å²) in [5.41, 5.74) is 9.56. The number of urea groups is 1. The van der Waals surface area contributed by atoms with Crippen LogP contribution in [-0.2, 0) is 6.61 Å². The van der Waals surface area contributed by atoms with Crippen molar-refractivity contribution in [1.29, 1.82) is 0 Å². The number of nitrogens with one attached hydrogen (secondary N) is 4. The minimum absolute atomic E-state index is 0.0599. The summed E-state index contributed by atoms with van der Waals surface area (Å²) in [7, 11) is 1.54. The van der Waals surface area contributed by atoms with E-state index in [0.717, 1.165) is 5.56 Å². The molecule has 1 aliphatic heterocycles. The van der Waals surface area contributed by atoms with E-state index >= 15 is 0 Å². The monoisotopic (exact) mass is 471 g/mol. The second-order valence-corrected chi connectivity index (χ2v) is 7.61. The van der Waals surface area contributed by atoms with E-state index in [2.05, 4.69) is 26.7 Å². The van der Waals surface area contributed by atoms with E-state index in [0.29, 0.717) is 32.1 Å². The molecule has 30 heavy (non-hydrogen) atoms. The number of benzene rings is 2. The average molecular weight is 473 g/mol. The van der Waals surface area contributed by atoms with E-state index in [1.165, 1.54) is 0 Å². The fourth-order valence-corrected chi connectivity index (χ4v) is 3.29. The van der Waals surface area contributed by atoms with Crippen LogP contribution in [0.1, 0.15) is 18.1 Å². The second-order valence-electron chi connectivity index (χ2n) is 6.42. The zero-order chi connectivity index (χ0) is 21.7. The molecule has 2 amide bonds. The minimum Gasteiger partial charge on any atom is -0.493 e. The lowest BCUT2D eigenvalue weighted by molar-refractivity contribution is 0.202. The summed E-state index contributed by atoms with van der Waals surface area (Å²) >= 11 is 18.5. The van der Waals surface area contributed by atoms with Gasteiger partial charge >= 0.3 is 6.03 Å². The van der Waals surface area contributed by atoms with Gasteiger partial charge < -0.3 is 14.8 Å². The first-order chi connectivity index (χ1) is 14.4. The Morgan fingerprint density at radius 1 is 1.17 bits per heavy atom. The van der Waals surface area contributed by atoms with Crippen molar-refractivity contribution in [1.82, 2.24) is 21.6 Å². The number of hydrogen-bond donors (Lipinski definition) is 4. The van der Waals surface area contributed by atoms with Crippen molar-refractivity contribution in [3.8, 4) is 11.5 Å². The molecule has 0 saturated carbocycles. The largest absolute Gasteiger partial charge is 0.493 e. The van der Waals surface area contributed by atoms with Gasteiger partial charge in [-0.3, -0.25) is 10.9 Å². The molecule has 4 N–H and O–H groups in total. The highest BCUT2D eigenvalue weighted by atomic mass is 35.5. The van der Waals surface area contributed by atoms with Gasteiger partial charge in [0.15, 0.2) is 11.5 Å². The molecule has 1 fully saturated rings. The Labute approximate surface area is 188 Å². The molecule has 0 aliphatic carbocycles. The van der Waals surface area contributed by atoms with Crippen LogP contribution >= 0.6 is 34.8 Å². The smallest absolute Gasteiger partial charge is 0.330 e. The van der Waals surface area contributed by atoms with Gasteiger partial charge in [-0.2, -0.15) is 5.10 Å². The lowest BCUT2D eigenvalue weighted by atomic mass is 10.2. The summed E-state index contributed by atoms with van der Waals surface area (Å²) in [6.07, 6.45) is 1.25. The topological polar surface area (TPSA) is 96.0 Å². The number of amides is 2. The molecule has 0 bridgehead atoms. The third-order valence-electron chi connectivity index (χ3n) is 4.33. The van der Waals surface area contributed by atoms with Crippen LogP contribution in [0.15, 0.2) is 35.4 Å². The van der Waals surface area contributed by atoms with Gasteiger partial charge in [0.25, 0.3) is 0 Å². The van der Waals surface area contributed by atoms with E-state index in [1.54, 1.807) is 37.6 Å². The van der Waals surface area contributed by atoms with Crippen LogP contribution in [0.5, 0.6) is 11.5 Å². The maximum absolute atomic E-state index is 11.4. The molecule has 2 atom stereocenters. The molecular formula is C19H20Cl3N5O3. The SMILES string of the molecule is COc1cc(/C=N/NC2NC(=O)NNC2C)ccc1OCc1c(Cl)ccc(Cl)c1Cl. The first-order valence-corrected chi connectivity index (χ1v) is 10.1. The van der Waals surface area contributed by atoms with Gasteiger partial charge in [-0.1, -0.05) is 34.8 Å². The number of carbonyl (C=O) groups is 1. The Morgan fingerprint density at radius 3 is 2.70 bits per heavy atom. The zero-order valence-corrected chi connectivity index (χ0v) is 18.4. The molecule has 1 heterocycles. The number of rotatable bonds is 7. The molecule has 2 aromatic carbocycles. The summed E-state index contributed by atoms with van der Waals surface area (Å²) in [4.78, 5) is 11.4. The quantitative estimate of drug-likeness (QED) is 0.280. The number of ether oxygens (including phenoxy) is 2. The molecule has 0 spiro atoms. The molecule has 8 nitrogen and oxygen atoms in total. The third-order valence-corrected chi connectivity index (χ3v) is 5.52. The Morgan fingerprint density at radius 2 is 1.93 bits per heavy atom. The Balaban J connectivity index is 1.66. The average Bonchev–Trinajstić information content (AvgIpc) is 2.74. The number of methoxy groups -OCH3 is 1. The van der Waals surface area contributed by atoms with Gasteiger partial charge in [0.1, 0.15) is 12.8 Å². The molecule has 160 valence electrons. The number of carbonyl (C=O) groups excluding carboxylic acids is 1. The van der Waals surface area contributed by atoms with Gasteiger partial charge in [0.05, 0.1) is 29.4 Å². The predicted molar refractivity (Wildman–Crippen MR) is 118 cm³/mol. The van der Waals surface area contributed by atoms with Crippen molar-refractivity contribution in [3.05, 3.63) is 56.5 Å². The van der Waals surface area contributed by atoms with Crippen LogP contribution in [0.4, 0.5) is 4.79 Å². The lowest BCUT2D eigenvalue weighted by Gasteiger charge is -2.30. The number of nitrogens with zero attached hydrogens (tertiary/aromatic N) is 1. The molecule has 2 aromatic rings. The fraction of sp³-hybridized carbons (Fsp3) is 0.263. The maximum atomic E-state index is 11.4. The number of hydrogen-bond acceptors (Lipinski definition) is 6. The molecule has 0 radical (unpaired) electrons. The minimum atomic E-state index is -0.355. The van der Waals surface area contributed by atoms with Crippen molar-refractivity contribution < 1.29 is 14.3 Å². The zero-order valence-electron chi connectivity index (χ0n) is 16.1. The summed E-state index contributed by atoms with van der Waals surface area (Å²) in [5, 5.41) is 8.12. The third kappa shape index (κ3) is 5.40. The Bertz CT molecular complexity index is 957. The Hall–Kier alpha value is -2.39. The van der Waals surface area contributed by atoms with Crippen LogP contribution in [0.3, 0.4) is 0 Å². The van der Waals surface area contributed by atoms with E-state index in [1.807, 2.05) is 13.0 Å². The van der Waals surface area contributed by atoms with Crippen LogP contribution in [0.2, 0.25) is 15.1 Å². The normalized spacial score (nSPS) is 18.6. The first kappa shape index (κ1) is 22.3. The summed E-state index contributed by atoms with van der Waals surface area (Å²) < 4.78 is 11.2. The summed E-state index contributed by atoms with van der Waals surface area (Å²) in [5.74, 6) is 1.02. The van der Waals surface area contributed by atoms with E-state index in [-0.39, 0.29) is 24.8 Å². The van der Waals surface area contributed by atoms with Gasteiger partial charge in [0, 0.05) is 10.6 Å². The number of hydrazine groups is 1. The van der Waals surface area contributed by atoms with E-state index < -0.39 is 0 Å². The van der Waals surface area contributed by atoms with Crippen LogP contribution in [-0.4, -0.2) is 31.6 Å². The molecule has 0 aromatic heterocycles. The highest BCUT2D eigenvalue weighted by Crippen LogP contribution is 2.34. The Kier molecular flexibility index (Phi) is 7.49. The van der Waals surface area contributed by atoms with Gasteiger partial charge in [-0.15, -0.1) is 0 Å². The lowest BCUT2D eigenvalue weighted by Crippen LogP contribution is -2.67. The standard InChI is InChI=1S/C19H20Cl3N5O3/c1-10-18(24-19(28)27-25-10)26-23-8-11-3-6-15(16(7-11)29-2)30-9-12-13(20)4-5-14(21)17(12)22/h3-8,10,18,25-26H,9H2,1-2H3,(H2,24,27,28)/b23-8+. The van der Waals surface area contributed by atoms with Gasteiger partial charge in [0.2, 0.25) is 0 Å². The highest BCUT2D eigenvalue weighted by molar-refractivity contribution is 6.44.